The number of alkyl halides is 1. The molecule has 9 heteroatoms. The van der Waals surface area contributed by atoms with Gasteiger partial charge in [-0.2, -0.15) is 19.6 Å². The molecule has 0 radical (unpaired) electrons. The van der Waals surface area contributed by atoms with Crippen LogP contribution in [0.15, 0.2) is 60.7 Å². The van der Waals surface area contributed by atoms with Crippen LogP contribution in [0.4, 0.5) is 4.39 Å². The van der Waals surface area contributed by atoms with Gasteiger partial charge in [-0.1, -0.05) is 20.2 Å². The van der Waals surface area contributed by atoms with E-state index in [1.165, 1.54) is 0 Å². The summed E-state index contributed by atoms with van der Waals surface area (Å²) < 4.78 is 51.2. The molecule has 289 valence electrons. The highest BCUT2D eigenvalue weighted by molar-refractivity contribution is 6.83. The molecule has 4 heterocycles. The standard InChI is InChI=1S/C45H56FNO6Si/c1-31(47-20-18-34(28-46)29-47)30-50-37-14-12-35(13-15-37)45-44(32(2)40-27-38(16-17-41(40)53-45)51-42-10-6-8-21-48-42)36-24-33(19-23-54(3,4)5)25-39(26-36)52-43-11-7-9-22-49-43/h12-17,24-27,31,34,42-43,45H,6-11,18,20-22,28-30H2,1-5H3/q-1/t31-,34-,42?,43?,45?/m0/s1. The molecular formula is C45H56FNO6Si-. The Kier molecular flexibility index (Phi) is 12.3. The Hall–Kier alpha value is -3.81. The lowest BCUT2D eigenvalue weighted by Crippen LogP contribution is -2.35. The average Bonchev–Trinajstić information content (AvgIpc) is 3.67. The molecule has 3 unspecified atom stereocenters. The summed E-state index contributed by atoms with van der Waals surface area (Å²) in [5.74, 6) is 6.73. The number of allylic oxidation sites excluding steroid dienone is 1. The number of fused-ring (bicyclic) bond motifs is 1. The van der Waals surface area contributed by atoms with Crippen molar-refractivity contribution < 1.29 is 32.8 Å². The number of likely N-dealkylation sites (tertiary alicyclic amines) is 1. The molecule has 0 amide bonds. The molecule has 3 aromatic carbocycles. The van der Waals surface area contributed by atoms with Crippen LogP contribution in [0.1, 0.15) is 87.2 Å². The number of hydrogen-bond donors (Lipinski definition) is 0. The fourth-order valence-electron chi connectivity index (χ4n) is 7.62. The third-order valence-corrected chi connectivity index (χ3v) is 11.6. The Balaban J connectivity index is 1.23. The predicted octanol–water partition coefficient (Wildman–Crippen LogP) is 9.85. The summed E-state index contributed by atoms with van der Waals surface area (Å²) in [6, 6.07) is 20.8. The SMILES string of the molecule is CC1=C(c2cc(C#C[Si-](C)(C)C)cc(OC3CCCCO3)c2)C(c2ccc(OC[C@H](C)N3CC[C@@H](CF)C3)cc2)Oc2ccc(OC3CCCCO3)cc21. The normalized spacial score (nSPS) is 23.8. The van der Waals surface area contributed by atoms with E-state index in [0.717, 1.165) is 121 Å². The largest absolute Gasteiger partial charge is 0.492 e. The van der Waals surface area contributed by atoms with Gasteiger partial charge < -0.3 is 28.4 Å². The van der Waals surface area contributed by atoms with Crippen molar-refractivity contribution in [1.29, 1.82) is 0 Å². The van der Waals surface area contributed by atoms with E-state index in [4.69, 9.17) is 28.4 Å². The molecule has 0 spiro atoms. The molecule has 7 nitrogen and oxygen atoms in total. The highest BCUT2D eigenvalue weighted by atomic mass is 28.3. The molecule has 0 aromatic heterocycles. The summed E-state index contributed by atoms with van der Waals surface area (Å²) in [7, 11) is -1.66. The molecule has 3 aromatic rings. The zero-order valence-electron chi connectivity index (χ0n) is 32.6. The molecule has 3 saturated heterocycles. The van der Waals surface area contributed by atoms with Crippen molar-refractivity contribution in [2.75, 3.05) is 39.6 Å². The minimum absolute atomic E-state index is 0.138. The molecule has 7 rings (SSSR count). The van der Waals surface area contributed by atoms with Crippen LogP contribution in [0.2, 0.25) is 19.6 Å². The maximum Gasteiger partial charge on any atom is 0.199 e. The Labute approximate surface area is 322 Å². The van der Waals surface area contributed by atoms with Gasteiger partial charge in [-0.25, -0.2) is 0 Å². The lowest BCUT2D eigenvalue weighted by atomic mass is 9.85. The summed E-state index contributed by atoms with van der Waals surface area (Å²) in [4.78, 5) is 2.32. The molecule has 5 atom stereocenters. The fourth-order valence-corrected chi connectivity index (χ4v) is 8.14. The van der Waals surface area contributed by atoms with E-state index in [9.17, 15) is 4.39 Å². The Bertz CT molecular complexity index is 1830. The molecular weight excluding hydrogens is 698 g/mol. The van der Waals surface area contributed by atoms with Gasteiger partial charge in [0.25, 0.3) is 0 Å². The van der Waals surface area contributed by atoms with Gasteiger partial charge in [0, 0.05) is 48.0 Å². The summed E-state index contributed by atoms with van der Waals surface area (Å²) >= 11 is 0. The topological polar surface area (TPSA) is 58.6 Å². The van der Waals surface area contributed by atoms with Crippen LogP contribution in [-0.4, -0.2) is 71.2 Å². The number of hydrogen-bond acceptors (Lipinski definition) is 7. The van der Waals surface area contributed by atoms with Crippen molar-refractivity contribution in [3.05, 3.63) is 82.9 Å². The first-order valence-corrected chi connectivity index (χ1v) is 23.4. The first kappa shape index (κ1) is 38.5. The van der Waals surface area contributed by atoms with Crippen molar-refractivity contribution >= 4 is 19.2 Å². The summed E-state index contributed by atoms with van der Waals surface area (Å²) in [6.07, 6.45) is 6.02. The lowest BCUT2D eigenvalue weighted by Gasteiger charge is -2.32. The van der Waals surface area contributed by atoms with E-state index in [-0.39, 0.29) is 31.2 Å². The van der Waals surface area contributed by atoms with Crippen molar-refractivity contribution in [3.8, 4) is 34.5 Å². The van der Waals surface area contributed by atoms with E-state index < -0.39 is 14.2 Å². The number of benzene rings is 3. The Morgan fingerprint density at radius 1 is 0.852 bits per heavy atom. The summed E-state index contributed by atoms with van der Waals surface area (Å²) in [5.41, 5.74) is 9.58. The molecule has 4 aliphatic rings. The number of halogens is 1. The Morgan fingerprint density at radius 3 is 2.20 bits per heavy atom. The van der Waals surface area contributed by atoms with E-state index in [0.29, 0.717) is 13.2 Å². The molecule has 3 fully saturated rings. The van der Waals surface area contributed by atoms with Gasteiger partial charge in [-0.05, 0) is 118 Å². The first-order valence-electron chi connectivity index (χ1n) is 19.9. The minimum Gasteiger partial charge on any atom is -0.492 e. The van der Waals surface area contributed by atoms with E-state index in [1.807, 2.05) is 30.3 Å². The molecule has 0 aliphatic carbocycles. The van der Waals surface area contributed by atoms with Crippen molar-refractivity contribution in [2.45, 2.75) is 103 Å². The lowest BCUT2D eigenvalue weighted by molar-refractivity contribution is -0.106. The van der Waals surface area contributed by atoms with Crippen LogP contribution < -0.4 is 18.9 Å². The van der Waals surface area contributed by atoms with Gasteiger partial charge in [0.2, 0.25) is 0 Å². The average molecular weight is 754 g/mol. The van der Waals surface area contributed by atoms with Crippen LogP contribution in [0.5, 0.6) is 23.0 Å². The van der Waals surface area contributed by atoms with E-state index >= 15 is 0 Å². The molecule has 0 saturated carbocycles. The molecule has 0 N–H and O–H groups in total. The van der Waals surface area contributed by atoms with Gasteiger partial charge >= 0.3 is 0 Å². The quantitative estimate of drug-likeness (QED) is 0.143. The number of nitrogens with zero attached hydrogens (tertiary/aromatic N) is 1. The summed E-state index contributed by atoms with van der Waals surface area (Å²) in [6.45, 7) is 14.5. The maximum absolute atomic E-state index is 13.2. The third-order valence-electron chi connectivity index (χ3n) is 10.7. The smallest absolute Gasteiger partial charge is 0.199 e. The van der Waals surface area contributed by atoms with Crippen LogP contribution in [0.3, 0.4) is 0 Å². The van der Waals surface area contributed by atoms with Gasteiger partial charge in [-0.3, -0.25) is 14.8 Å². The van der Waals surface area contributed by atoms with Crippen LogP contribution in [0.25, 0.3) is 11.1 Å². The Morgan fingerprint density at radius 2 is 1.56 bits per heavy atom. The van der Waals surface area contributed by atoms with E-state index in [2.05, 4.69) is 80.2 Å². The molecule has 0 bridgehead atoms. The van der Waals surface area contributed by atoms with Gasteiger partial charge in [0.05, 0.1) is 19.9 Å². The molecule has 4 aliphatic heterocycles. The van der Waals surface area contributed by atoms with Crippen molar-refractivity contribution in [3.63, 3.8) is 0 Å². The zero-order valence-corrected chi connectivity index (χ0v) is 33.6. The summed E-state index contributed by atoms with van der Waals surface area (Å²) in [5, 5.41) is 0. The van der Waals surface area contributed by atoms with Crippen LogP contribution in [0, 0.1) is 17.4 Å². The second kappa shape index (κ2) is 17.3. The number of ether oxygens (including phenoxy) is 6. The van der Waals surface area contributed by atoms with Crippen LogP contribution >= 0.6 is 0 Å². The molecule has 54 heavy (non-hydrogen) atoms. The van der Waals surface area contributed by atoms with E-state index in [1.54, 1.807) is 0 Å². The van der Waals surface area contributed by atoms with Gasteiger partial charge in [0.1, 0.15) is 35.7 Å². The maximum atomic E-state index is 13.2. The van der Waals surface area contributed by atoms with Crippen molar-refractivity contribution in [1.82, 2.24) is 4.90 Å². The highest BCUT2D eigenvalue weighted by Gasteiger charge is 2.31. The predicted molar refractivity (Wildman–Crippen MR) is 214 cm³/mol. The van der Waals surface area contributed by atoms with Crippen molar-refractivity contribution in [2.24, 2.45) is 5.92 Å². The zero-order chi connectivity index (χ0) is 37.7. The third kappa shape index (κ3) is 9.70. The number of rotatable bonds is 11. The second-order valence-corrected chi connectivity index (χ2v) is 21.1. The second-order valence-electron chi connectivity index (χ2n) is 16.3. The van der Waals surface area contributed by atoms with Gasteiger partial charge in [-0.15, -0.1) is 5.92 Å². The van der Waals surface area contributed by atoms with Crippen LogP contribution in [-0.2, 0) is 9.47 Å². The fraction of sp³-hybridized carbons (Fsp3) is 0.511. The monoisotopic (exact) mass is 753 g/mol. The minimum atomic E-state index is -1.66. The van der Waals surface area contributed by atoms with Gasteiger partial charge in [0.15, 0.2) is 12.6 Å². The highest BCUT2D eigenvalue weighted by Crippen LogP contribution is 2.48. The first-order chi connectivity index (χ1) is 26.1.